The van der Waals surface area contributed by atoms with Gasteiger partial charge in [0.2, 0.25) is 0 Å². The molecule has 1 amide bonds. The van der Waals surface area contributed by atoms with E-state index < -0.39 is 0 Å². The summed E-state index contributed by atoms with van der Waals surface area (Å²) < 4.78 is 0.983. The van der Waals surface area contributed by atoms with Gasteiger partial charge in [0, 0.05) is 46.5 Å². The smallest absolute Gasteiger partial charge is 0.273 e. The van der Waals surface area contributed by atoms with Gasteiger partial charge < -0.3 is 4.90 Å². The van der Waals surface area contributed by atoms with Crippen LogP contribution in [-0.4, -0.2) is 42.8 Å². The van der Waals surface area contributed by atoms with Crippen molar-refractivity contribution >= 4 is 21.8 Å². The van der Waals surface area contributed by atoms with Gasteiger partial charge in [-0.05, 0) is 84.8 Å². The third kappa shape index (κ3) is 3.51. The number of carbonyl (C=O) groups is 1. The Bertz CT molecular complexity index is 1070. The van der Waals surface area contributed by atoms with Gasteiger partial charge in [-0.15, -0.1) is 0 Å². The lowest BCUT2D eigenvalue weighted by Crippen LogP contribution is -2.37. The summed E-state index contributed by atoms with van der Waals surface area (Å²) in [6.45, 7) is 1.91. The monoisotopic (exact) mass is 463 g/mol. The van der Waals surface area contributed by atoms with Crippen molar-refractivity contribution in [2.24, 2.45) is 5.92 Å². The molecule has 5 heterocycles. The number of hydrogen-bond acceptors (Lipinski definition) is 5. The minimum absolute atomic E-state index is 0.0000756. The Hall–Kier alpha value is -2.67. The number of aryl methyl sites for hydroxylation is 1. The number of fused-ring (bicyclic) bond motifs is 2. The van der Waals surface area contributed by atoms with Crippen LogP contribution in [0.2, 0.25) is 0 Å². The molecule has 30 heavy (non-hydrogen) atoms. The Morgan fingerprint density at radius 3 is 2.73 bits per heavy atom. The molecule has 7 heteroatoms. The summed E-state index contributed by atoms with van der Waals surface area (Å²) in [6.07, 6.45) is 9.25. The molecule has 0 N–H and O–H groups in total. The second-order valence-electron chi connectivity index (χ2n) is 8.10. The maximum Gasteiger partial charge on any atom is 0.273 e. The topological polar surface area (TPSA) is 71.9 Å². The van der Waals surface area contributed by atoms with Gasteiger partial charge in [-0.25, -0.2) is 15.0 Å². The number of amides is 1. The molecule has 5 rings (SSSR count). The van der Waals surface area contributed by atoms with Crippen molar-refractivity contribution in [3.8, 4) is 11.4 Å². The van der Waals surface area contributed by atoms with Crippen LogP contribution in [0.5, 0.6) is 0 Å². The molecule has 2 aliphatic rings. The SMILES string of the molecule is Cc1ccc(-c2ncccn2)c(C(=O)N2C3CCC2C(Cc2ccc(Br)cn2)C3)n1. The molecule has 0 saturated carbocycles. The molecule has 152 valence electrons. The fourth-order valence-electron chi connectivity index (χ4n) is 4.91. The van der Waals surface area contributed by atoms with E-state index in [1.165, 1.54) is 0 Å². The van der Waals surface area contributed by atoms with E-state index in [9.17, 15) is 4.79 Å². The fraction of sp³-hybridized carbons (Fsp3) is 0.348. The van der Waals surface area contributed by atoms with Crippen LogP contribution in [0.25, 0.3) is 11.4 Å². The van der Waals surface area contributed by atoms with Crippen LogP contribution in [0.15, 0.2) is 53.4 Å². The van der Waals surface area contributed by atoms with E-state index in [2.05, 4.69) is 46.8 Å². The zero-order valence-electron chi connectivity index (χ0n) is 16.7. The molecule has 2 aliphatic heterocycles. The van der Waals surface area contributed by atoms with E-state index in [4.69, 9.17) is 0 Å². The summed E-state index contributed by atoms with van der Waals surface area (Å²) in [7, 11) is 0. The molecule has 3 atom stereocenters. The van der Waals surface area contributed by atoms with Crippen LogP contribution in [0.1, 0.15) is 41.1 Å². The number of aromatic nitrogens is 4. The Balaban J connectivity index is 1.43. The third-order valence-corrected chi connectivity index (χ3v) is 6.67. The van der Waals surface area contributed by atoms with E-state index >= 15 is 0 Å². The second-order valence-corrected chi connectivity index (χ2v) is 9.02. The predicted molar refractivity (Wildman–Crippen MR) is 117 cm³/mol. The summed E-state index contributed by atoms with van der Waals surface area (Å²) in [6, 6.07) is 10.2. The van der Waals surface area contributed by atoms with Crippen molar-refractivity contribution in [2.45, 2.75) is 44.7 Å². The first-order valence-corrected chi connectivity index (χ1v) is 11.1. The fourth-order valence-corrected chi connectivity index (χ4v) is 5.14. The molecule has 3 aromatic heterocycles. The van der Waals surface area contributed by atoms with Gasteiger partial charge in [-0.2, -0.15) is 0 Å². The molecular formula is C23H22BrN5O. The molecule has 3 aromatic rings. The van der Waals surface area contributed by atoms with Crippen LogP contribution >= 0.6 is 15.9 Å². The maximum absolute atomic E-state index is 13.7. The molecule has 0 radical (unpaired) electrons. The van der Waals surface area contributed by atoms with Crippen molar-refractivity contribution in [3.63, 3.8) is 0 Å². The minimum Gasteiger partial charge on any atom is -0.331 e. The summed E-state index contributed by atoms with van der Waals surface area (Å²) in [4.78, 5) is 33.6. The number of pyridine rings is 2. The van der Waals surface area contributed by atoms with E-state index in [0.717, 1.165) is 41.5 Å². The lowest BCUT2D eigenvalue weighted by Gasteiger charge is -2.25. The van der Waals surface area contributed by atoms with Gasteiger partial charge in [0.15, 0.2) is 5.82 Å². The van der Waals surface area contributed by atoms with E-state index in [1.54, 1.807) is 18.5 Å². The molecule has 3 unspecified atom stereocenters. The average Bonchev–Trinajstić information content (AvgIpc) is 3.33. The standard InChI is InChI=1S/C23H22BrN5O/c1-14-3-7-19(22-25-9-2-10-26-22)21(28-14)23(30)29-18-6-8-20(29)15(12-18)11-17-5-4-16(24)13-27-17/h2-5,7,9-10,13,15,18,20H,6,8,11-12H2,1H3. The second kappa shape index (κ2) is 7.87. The summed E-state index contributed by atoms with van der Waals surface area (Å²) in [5.74, 6) is 0.970. The maximum atomic E-state index is 13.7. The van der Waals surface area contributed by atoms with Gasteiger partial charge in [-0.1, -0.05) is 0 Å². The zero-order valence-corrected chi connectivity index (χ0v) is 18.3. The molecule has 6 nitrogen and oxygen atoms in total. The van der Waals surface area contributed by atoms with E-state index in [-0.39, 0.29) is 18.0 Å². The Morgan fingerprint density at radius 1 is 1.13 bits per heavy atom. The average molecular weight is 464 g/mol. The highest BCUT2D eigenvalue weighted by Crippen LogP contribution is 2.44. The molecule has 2 fully saturated rings. The molecule has 2 bridgehead atoms. The van der Waals surface area contributed by atoms with Crippen LogP contribution in [0.3, 0.4) is 0 Å². The van der Waals surface area contributed by atoms with Gasteiger partial charge in [-0.3, -0.25) is 9.78 Å². The van der Waals surface area contributed by atoms with E-state index in [0.29, 0.717) is 23.0 Å². The molecule has 0 spiro atoms. The lowest BCUT2D eigenvalue weighted by molar-refractivity contribution is 0.0713. The van der Waals surface area contributed by atoms with Crippen molar-refractivity contribution in [1.82, 2.24) is 24.8 Å². The Morgan fingerprint density at radius 2 is 1.97 bits per heavy atom. The normalized spacial score (nSPS) is 22.5. The van der Waals surface area contributed by atoms with Gasteiger partial charge >= 0.3 is 0 Å². The van der Waals surface area contributed by atoms with Crippen LogP contribution in [-0.2, 0) is 6.42 Å². The largest absolute Gasteiger partial charge is 0.331 e. The highest BCUT2D eigenvalue weighted by molar-refractivity contribution is 9.10. The number of carbonyl (C=O) groups excluding carboxylic acids is 1. The van der Waals surface area contributed by atoms with Gasteiger partial charge in [0.1, 0.15) is 5.69 Å². The number of halogens is 1. The third-order valence-electron chi connectivity index (χ3n) is 6.20. The van der Waals surface area contributed by atoms with Gasteiger partial charge in [0.25, 0.3) is 5.91 Å². The molecule has 0 aliphatic carbocycles. The van der Waals surface area contributed by atoms with Crippen LogP contribution in [0, 0.1) is 12.8 Å². The molecule has 0 aromatic carbocycles. The number of nitrogens with zero attached hydrogens (tertiary/aromatic N) is 5. The number of hydrogen-bond donors (Lipinski definition) is 0. The van der Waals surface area contributed by atoms with Crippen molar-refractivity contribution < 1.29 is 4.79 Å². The summed E-state index contributed by atoms with van der Waals surface area (Å²) in [5, 5.41) is 0. The summed E-state index contributed by atoms with van der Waals surface area (Å²) in [5.41, 5.74) is 3.06. The minimum atomic E-state index is -0.0000756. The first-order chi connectivity index (χ1) is 14.6. The molecule has 2 saturated heterocycles. The molecular weight excluding hydrogens is 442 g/mol. The predicted octanol–water partition coefficient (Wildman–Crippen LogP) is 4.24. The zero-order chi connectivity index (χ0) is 20.7. The summed E-state index contributed by atoms with van der Waals surface area (Å²) >= 11 is 3.44. The van der Waals surface area contributed by atoms with Crippen LogP contribution < -0.4 is 0 Å². The van der Waals surface area contributed by atoms with Gasteiger partial charge in [0.05, 0.1) is 5.56 Å². The van der Waals surface area contributed by atoms with Crippen molar-refractivity contribution in [1.29, 1.82) is 0 Å². The first kappa shape index (κ1) is 19.3. The number of rotatable bonds is 4. The van der Waals surface area contributed by atoms with E-state index in [1.807, 2.05) is 31.3 Å². The first-order valence-electron chi connectivity index (χ1n) is 10.3. The Labute approximate surface area is 183 Å². The highest BCUT2D eigenvalue weighted by atomic mass is 79.9. The quantitative estimate of drug-likeness (QED) is 0.578. The highest BCUT2D eigenvalue weighted by Gasteiger charge is 2.49. The Kier molecular flexibility index (Phi) is 5.06. The van der Waals surface area contributed by atoms with Crippen LogP contribution in [0.4, 0.5) is 0 Å². The van der Waals surface area contributed by atoms with Crippen molar-refractivity contribution in [3.05, 3.63) is 70.5 Å². The van der Waals surface area contributed by atoms with Crippen molar-refractivity contribution in [2.75, 3.05) is 0 Å². The lowest BCUT2D eigenvalue weighted by atomic mass is 9.86.